The first kappa shape index (κ1) is 13.4. The van der Waals surface area contributed by atoms with E-state index in [2.05, 4.69) is 22.9 Å². The summed E-state index contributed by atoms with van der Waals surface area (Å²) < 4.78 is 0. The van der Waals surface area contributed by atoms with Crippen LogP contribution >= 0.6 is 12.6 Å². The smallest absolute Gasteiger partial charge is 0.318 e. The summed E-state index contributed by atoms with van der Waals surface area (Å²) in [5.74, 6) is -0.980. The van der Waals surface area contributed by atoms with Crippen molar-refractivity contribution in [2.75, 3.05) is 0 Å². The number of azo groups is 1. The quantitative estimate of drug-likeness (QED) is 0.564. The van der Waals surface area contributed by atoms with Gasteiger partial charge in [-0.1, -0.05) is 0 Å². The molecule has 0 rings (SSSR count). The van der Waals surface area contributed by atoms with E-state index in [1.807, 2.05) is 20.8 Å². The van der Waals surface area contributed by atoms with Gasteiger partial charge in [0, 0.05) is 0 Å². The first-order valence-electron chi connectivity index (χ1n) is 4.41. The van der Waals surface area contributed by atoms with Crippen LogP contribution in [-0.2, 0) is 4.79 Å². The number of aliphatic carboxylic acids is 1. The van der Waals surface area contributed by atoms with Gasteiger partial charge >= 0.3 is 5.97 Å². The Kier molecular flexibility index (Phi) is 4.12. The van der Waals surface area contributed by atoms with Crippen LogP contribution < -0.4 is 0 Å². The average Bonchev–Trinajstić information content (AvgIpc) is 1.98. The number of carbonyl (C=O) groups is 1. The monoisotopic (exact) mass is 218 g/mol. The number of rotatable bonds is 3. The Balaban J connectivity index is 4.64. The lowest BCUT2D eigenvalue weighted by atomic mass is 10.0. The van der Waals surface area contributed by atoms with Gasteiger partial charge < -0.3 is 5.11 Å². The van der Waals surface area contributed by atoms with Crippen LogP contribution in [0.1, 0.15) is 34.6 Å². The minimum absolute atomic E-state index is 0.288. The van der Waals surface area contributed by atoms with Gasteiger partial charge in [-0.15, -0.1) is 0 Å². The summed E-state index contributed by atoms with van der Waals surface area (Å²) in [6.45, 7) is 9.12. The molecule has 1 atom stereocenters. The predicted molar refractivity (Wildman–Crippen MR) is 59.1 cm³/mol. The largest absolute Gasteiger partial charge is 0.480 e. The van der Waals surface area contributed by atoms with Crippen LogP contribution in [-0.4, -0.2) is 27.4 Å². The van der Waals surface area contributed by atoms with Crippen LogP contribution in [0.25, 0.3) is 0 Å². The third kappa shape index (κ3) is 4.60. The molecule has 0 aliphatic heterocycles. The fourth-order valence-electron chi connectivity index (χ4n) is 0.636. The van der Waals surface area contributed by atoms with Crippen molar-refractivity contribution in [3.05, 3.63) is 0 Å². The van der Waals surface area contributed by atoms with Gasteiger partial charge in [-0.05, 0) is 34.6 Å². The zero-order valence-electron chi connectivity index (χ0n) is 9.27. The molecule has 0 spiro atoms. The van der Waals surface area contributed by atoms with E-state index in [9.17, 15) is 4.79 Å². The molecule has 0 saturated heterocycles. The molecule has 0 aliphatic rings. The Morgan fingerprint density at radius 2 is 1.64 bits per heavy atom. The Morgan fingerprint density at radius 3 is 1.93 bits per heavy atom. The Bertz CT molecular complexity index is 244. The molecule has 0 bridgehead atoms. The molecule has 0 unspecified atom stereocenters. The van der Waals surface area contributed by atoms with E-state index in [0.717, 1.165) is 0 Å². The molecule has 0 radical (unpaired) electrons. The van der Waals surface area contributed by atoms with Crippen LogP contribution in [0.5, 0.6) is 0 Å². The maximum atomic E-state index is 10.7. The van der Waals surface area contributed by atoms with Gasteiger partial charge in [0.15, 0.2) is 0 Å². The number of hydrogen-bond acceptors (Lipinski definition) is 4. The van der Waals surface area contributed by atoms with Crippen molar-refractivity contribution < 1.29 is 9.90 Å². The second-order valence-electron chi connectivity index (χ2n) is 4.77. The zero-order valence-corrected chi connectivity index (χ0v) is 10.2. The summed E-state index contributed by atoms with van der Waals surface area (Å²) in [5, 5.41) is 16.0. The summed E-state index contributed by atoms with van der Waals surface area (Å²) in [6, 6.07) is 0. The number of nitrogens with zero attached hydrogens (tertiary/aromatic N) is 2. The van der Waals surface area contributed by atoms with E-state index >= 15 is 0 Å². The van der Waals surface area contributed by atoms with E-state index in [1.165, 1.54) is 0 Å². The molecule has 0 aromatic rings. The molecular weight excluding hydrogens is 200 g/mol. The van der Waals surface area contributed by atoms with Gasteiger partial charge in [0.2, 0.25) is 0 Å². The topological polar surface area (TPSA) is 62.0 Å². The predicted octanol–water partition coefficient (Wildman–Crippen LogP) is 2.40. The first-order valence-corrected chi connectivity index (χ1v) is 4.93. The van der Waals surface area contributed by atoms with Gasteiger partial charge in [0.25, 0.3) is 0 Å². The molecule has 14 heavy (non-hydrogen) atoms. The molecule has 4 nitrogen and oxygen atoms in total. The average molecular weight is 218 g/mol. The van der Waals surface area contributed by atoms with Crippen LogP contribution in [0.2, 0.25) is 0 Å². The van der Waals surface area contributed by atoms with Crippen LogP contribution in [0.3, 0.4) is 0 Å². The van der Waals surface area contributed by atoms with Gasteiger partial charge in [-0.2, -0.15) is 22.9 Å². The summed E-state index contributed by atoms with van der Waals surface area (Å²) in [6.07, 6.45) is 0. The highest BCUT2D eigenvalue weighted by atomic mass is 32.1. The van der Waals surface area contributed by atoms with Crippen molar-refractivity contribution >= 4 is 18.6 Å². The van der Waals surface area contributed by atoms with Crippen molar-refractivity contribution in [3.63, 3.8) is 0 Å². The highest BCUT2D eigenvalue weighted by Crippen LogP contribution is 2.22. The van der Waals surface area contributed by atoms with Crippen molar-refractivity contribution in [3.8, 4) is 0 Å². The normalized spacial score (nSPS) is 15.9. The lowest BCUT2D eigenvalue weighted by molar-refractivity contribution is -0.137. The van der Waals surface area contributed by atoms with E-state index in [-0.39, 0.29) is 5.54 Å². The van der Waals surface area contributed by atoms with Gasteiger partial charge in [0.05, 0.1) is 11.1 Å². The maximum Gasteiger partial charge on any atom is 0.318 e. The Hall–Kier alpha value is -0.580. The fourth-order valence-corrected chi connectivity index (χ4v) is 0.687. The molecule has 0 aromatic heterocycles. The van der Waals surface area contributed by atoms with E-state index < -0.39 is 16.8 Å². The minimum Gasteiger partial charge on any atom is -0.480 e. The van der Waals surface area contributed by atoms with Gasteiger partial charge in [-0.25, -0.2) is 0 Å². The molecule has 0 amide bonds. The molecule has 5 heteroatoms. The number of carboxylic acid groups (broad SMARTS) is 1. The van der Waals surface area contributed by atoms with E-state index in [4.69, 9.17) is 5.11 Å². The lowest BCUT2D eigenvalue weighted by Crippen LogP contribution is -2.36. The van der Waals surface area contributed by atoms with Crippen LogP contribution in [0.15, 0.2) is 10.2 Å². The van der Waals surface area contributed by atoms with Crippen molar-refractivity contribution in [2.24, 2.45) is 10.2 Å². The third-order valence-electron chi connectivity index (χ3n) is 1.51. The number of carboxylic acids is 1. The molecule has 0 fully saturated rings. The van der Waals surface area contributed by atoms with E-state index in [0.29, 0.717) is 0 Å². The van der Waals surface area contributed by atoms with Gasteiger partial charge in [-0.3, -0.25) is 4.79 Å². The Labute approximate surface area is 90.2 Å². The van der Waals surface area contributed by atoms with Crippen molar-refractivity contribution in [1.29, 1.82) is 0 Å². The van der Waals surface area contributed by atoms with Crippen LogP contribution in [0, 0.1) is 0 Å². The van der Waals surface area contributed by atoms with Crippen molar-refractivity contribution in [2.45, 2.75) is 50.9 Å². The third-order valence-corrected chi connectivity index (χ3v) is 2.36. The molecule has 0 saturated carbocycles. The van der Waals surface area contributed by atoms with E-state index in [1.54, 1.807) is 13.8 Å². The summed E-state index contributed by atoms with van der Waals surface area (Å²) >= 11 is 3.98. The molecule has 82 valence electrons. The molecular formula is C9H18N2O2S. The summed E-state index contributed by atoms with van der Waals surface area (Å²) in [5.41, 5.74) is -1.08. The number of thiol groups is 1. The second-order valence-corrected chi connectivity index (χ2v) is 5.28. The molecule has 0 heterocycles. The summed E-state index contributed by atoms with van der Waals surface area (Å²) in [4.78, 5) is 10.7. The SMILES string of the molecule is CC(C)(C)N=NC(C)(C)[C@H](S)C(=O)O. The minimum atomic E-state index is -0.980. The Morgan fingerprint density at radius 1 is 1.21 bits per heavy atom. The van der Waals surface area contributed by atoms with Gasteiger partial charge in [0.1, 0.15) is 5.25 Å². The maximum absolute atomic E-state index is 10.7. The summed E-state index contributed by atoms with van der Waals surface area (Å²) in [7, 11) is 0. The standard InChI is InChI=1S/C9H18N2O2S/c1-8(2,3)10-11-9(4,5)6(14)7(12)13/h6,14H,1-5H3,(H,12,13)/t6-/m1/s1. The second kappa shape index (κ2) is 4.29. The lowest BCUT2D eigenvalue weighted by Gasteiger charge is -2.23. The number of hydrogen-bond donors (Lipinski definition) is 2. The molecule has 1 N–H and O–H groups in total. The first-order chi connectivity index (χ1) is 6.06. The molecule has 0 aromatic carbocycles. The highest BCUT2D eigenvalue weighted by Gasteiger charge is 2.32. The molecule has 0 aliphatic carbocycles. The zero-order chi connectivity index (χ0) is 11.6. The van der Waals surface area contributed by atoms with Crippen LogP contribution in [0.4, 0.5) is 0 Å². The fraction of sp³-hybridized carbons (Fsp3) is 0.889. The highest BCUT2D eigenvalue weighted by molar-refractivity contribution is 7.81. The van der Waals surface area contributed by atoms with Crippen molar-refractivity contribution in [1.82, 2.24) is 0 Å².